The van der Waals surface area contributed by atoms with Gasteiger partial charge in [-0.2, -0.15) is 0 Å². The fraction of sp³-hybridized carbons (Fsp3) is 0.409. The molecule has 3 atom stereocenters. The van der Waals surface area contributed by atoms with Gasteiger partial charge in [0.15, 0.2) is 0 Å². The molecule has 1 heterocycles. The highest BCUT2D eigenvalue weighted by Gasteiger charge is 2.55. The second-order valence-electron chi connectivity index (χ2n) is 15.7. The van der Waals surface area contributed by atoms with Crippen molar-refractivity contribution >= 4 is 29.2 Å². The van der Waals surface area contributed by atoms with Gasteiger partial charge in [-0.3, -0.25) is 0 Å². The molecular weight excluding hydrogens is 651 g/mol. The summed E-state index contributed by atoms with van der Waals surface area (Å²) >= 11 is 0. The van der Waals surface area contributed by atoms with Crippen LogP contribution < -0.4 is 14.5 Å². The number of piperidine rings is 1. The SMILES string of the molecule is CN(C)c1ccccc1N(C(=O)OC(C)(C)C)c1cc2c(cc1OCc1ccccc1)[C@]13CCCC[C@@H]1[C@H](C2)N(C(=O)OCc1ccccc1)CC3. The van der Waals surface area contributed by atoms with Crippen molar-refractivity contribution in [3.05, 3.63) is 119 Å². The number of ether oxygens (including phenoxy) is 3. The first kappa shape index (κ1) is 35.4. The van der Waals surface area contributed by atoms with Crippen LogP contribution >= 0.6 is 0 Å². The van der Waals surface area contributed by atoms with Crippen molar-refractivity contribution in [3.63, 3.8) is 0 Å². The van der Waals surface area contributed by atoms with E-state index in [2.05, 4.69) is 24.3 Å². The Kier molecular flexibility index (Phi) is 9.92. The minimum atomic E-state index is -0.729. The maximum absolute atomic E-state index is 14.4. The molecule has 52 heavy (non-hydrogen) atoms. The molecule has 0 unspecified atom stereocenters. The van der Waals surface area contributed by atoms with E-state index in [1.807, 2.05) is 117 Å². The number of nitrogens with zero attached hydrogens (tertiary/aromatic N) is 3. The molecule has 2 fully saturated rings. The number of carbonyl (C=O) groups excluding carboxylic acids is 2. The summed E-state index contributed by atoms with van der Waals surface area (Å²) in [6, 6.07) is 32.2. The fourth-order valence-corrected chi connectivity index (χ4v) is 8.75. The molecule has 0 N–H and O–H groups in total. The molecule has 4 aromatic rings. The van der Waals surface area contributed by atoms with E-state index in [1.165, 1.54) is 5.56 Å². The van der Waals surface area contributed by atoms with Crippen LogP contribution in [0.1, 0.15) is 75.1 Å². The summed E-state index contributed by atoms with van der Waals surface area (Å²) in [5.74, 6) is 0.958. The molecule has 7 rings (SSSR count). The topological polar surface area (TPSA) is 71.6 Å². The van der Waals surface area contributed by atoms with E-state index in [9.17, 15) is 9.59 Å². The lowest BCUT2D eigenvalue weighted by molar-refractivity contribution is -0.0137. The van der Waals surface area contributed by atoms with Crippen molar-refractivity contribution in [3.8, 4) is 5.75 Å². The molecule has 3 aliphatic rings. The van der Waals surface area contributed by atoms with E-state index in [0.717, 1.165) is 54.5 Å². The van der Waals surface area contributed by atoms with E-state index in [-0.39, 0.29) is 24.2 Å². The molecule has 8 nitrogen and oxygen atoms in total. The minimum Gasteiger partial charge on any atom is -0.487 e. The van der Waals surface area contributed by atoms with Gasteiger partial charge >= 0.3 is 12.2 Å². The first-order chi connectivity index (χ1) is 25.0. The summed E-state index contributed by atoms with van der Waals surface area (Å²) in [5, 5.41) is 0. The molecule has 4 aromatic carbocycles. The molecule has 8 heteroatoms. The van der Waals surface area contributed by atoms with Crippen LogP contribution in [0.15, 0.2) is 97.1 Å². The summed E-state index contributed by atoms with van der Waals surface area (Å²) in [6.07, 6.45) is 5.21. The highest BCUT2D eigenvalue weighted by atomic mass is 16.6. The molecule has 1 saturated carbocycles. The first-order valence-electron chi connectivity index (χ1n) is 18.6. The maximum Gasteiger partial charge on any atom is 0.419 e. The van der Waals surface area contributed by atoms with Crippen LogP contribution in [-0.2, 0) is 34.5 Å². The quantitative estimate of drug-likeness (QED) is 0.182. The Labute approximate surface area is 308 Å². The molecule has 2 aliphatic carbocycles. The molecule has 0 radical (unpaired) electrons. The molecule has 2 bridgehead atoms. The van der Waals surface area contributed by atoms with Gasteiger partial charge in [-0.1, -0.05) is 85.6 Å². The van der Waals surface area contributed by atoms with Gasteiger partial charge in [-0.05, 0) is 98.9 Å². The summed E-state index contributed by atoms with van der Waals surface area (Å²) in [7, 11) is 3.95. The lowest BCUT2D eigenvalue weighted by atomic mass is 9.52. The summed E-state index contributed by atoms with van der Waals surface area (Å²) in [5.41, 5.74) is 5.82. The van der Waals surface area contributed by atoms with Gasteiger partial charge in [0.05, 0.1) is 17.1 Å². The molecule has 0 spiro atoms. The summed E-state index contributed by atoms with van der Waals surface area (Å²) in [6.45, 7) is 6.90. The van der Waals surface area contributed by atoms with Crippen molar-refractivity contribution in [2.75, 3.05) is 30.4 Å². The van der Waals surface area contributed by atoms with Gasteiger partial charge in [0, 0.05) is 32.1 Å². The summed E-state index contributed by atoms with van der Waals surface area (Å²) in [4.78, 5) is 33.9. The molecular formula is C44H51N3O5. The standard InChI is InChI=1S/C44H51N3O5/c1-43(2,3)52-42(49)47(37-22-13-12-21-36(37)45(4)5)39-27-33-26-38-34-20-14-15-23-44(34,35(33)28-40(39)50-29-31-16-8-6-9-17-31)24-25-46(38)41(48)51-30-32-18-10-7-11-19-32/h6-13,16-19,21-22,27-28,34,38H,14-15,20,23-26,29-30H2,1-5H3/t34-,38+,44+/m1/s1. The van der Waals surface area contributed by atoms with E-state index in [4.69, 9.17) is 14.2 Å². The number of rotatable bonds is 8. The third-order valence-electron chi connectivity index (χ3n) is 11.0. The van der Waals surface area contributed by atoms with Crippen molar-refractivity contribution in [1.82, 2.24) is 4.90 Å². The van der Waals surface area contributed by atoms with E-state index >= 15 is 0 Å². The Bertz CT molecular complexity index is 1890. The highest BCUT2D eigenvalue weighted by molar-refractivity contribution is 6.01. The largest absolute Gasteiger partial charge is 0.487 e. The second-order valence-corrected chi connectivity index (χ2v) is 15.7. The van der Waals surface area contributed by atoms with Crippen LogP contribution in [0.5, 0.6) is 5.75 Å². The average Bonchev–Trinajstić information content (AvgIpc) is 3.13. The van der Waals surface area contributed by atoms with Crippen LogP contribution in [0.2, 0.25) is 0 Å². The smallest absolute Gasteiger partial charge is 0.419 e. The number of anilines is 3. The van der Waals surface area contributed by atoms with E-state index in [0.29, 0.717) is 42.6 Å². The minimum absolute atomic E-state index is 0.00204. The Morgan fingerprint density at radius 3 is 2.13 bits per heavy atom. The van der Waals surface area contributed by atoms with Crippen LogP contribution in [0, 0.1) is 5.92 Å². The fourth-order valence-electron chi connectivity index (χ4n) is 8.75. The molecule has 0 aromatic heterocycles. The monoisotopic (exact) mass is 701 g/mol. The van der Waals surface area contributed by atoms with Gasteiger partial charge in [0.1, 0.15) is 24.6 Å². The second kappa shape index (κ2) is 14.6. The summed E-state index contributed by atoms with van der Waals surface area (Å²) < 4.78 is 18.8. The molecule has 1 aliphatic heterocycles. The van der Waals surface area contributed by atoms with Crippen LogP contribution in [0.3, 0.4) is 0 Å². The zero-order valence-corrected chi connectivity index (χ0v) is 31.1. The third-order valence-corrected chi connectivity index (χ3v) is 11.0. The number of likely N-dealkylation sites (tertiary alicyclic amines) is 1. The maximum atomic E-state index is 14.4. The number of amides is 2. The number of hydrogen-bond donors (Lipinski definition) is 0. The van der Waals surface area contributed by atoms with Gasteiger partial charge in [-0.15, -0.1) is 0 Å². The lowest BCUT2D eigenvalue weighted by Gasteiger charge is -2.58. The number of hydrogen-bond acceptors (Lipinski definition) is 6. The van der Waals surface area contributed by atoms with E-state index < -0.39 is 11.7 Å². The van der Waals surface area contributed by atoms with Gasteiger partial charge < -0.3 is 24.0 Å². The Morgan fingerprint density at radius 1 is 0.808 bits per heavy atom. The number of fused-ring (bicyclic) bond motifs is 1. The third kappa shape index (κ3) is 7.08. The number of para-hydroxylation sites is 2. The Morgan fingerprint density at radius 2 is 1.46 bits per heavy atom. The first-order valence-corrected chi connectivity index (χ1v) is 18.6. The van der Waals surface area contributed by atoms with Gasteiger partial charge in [-0.25, -0.2) is 14.5 Å². The average molecular weight is 702 g/mol. The zero-order chi connectivity index (χ0) is 36.5. The predicted molar refractivity (Wildman–Crippen MR) is 205 cm³/mol. The Balaban J connectivity index is 1.34. The van der Waals surface area contributed by atoms with E-state index in [1.54, 1.807) is 4.90 Å². The van der Waals surface area contributed by atoms with Crippen molar-refractivity contribution in [2.24, 2.45) is 5.92 Å². The number of carbonyl (C=O) groups is 2. The highest BCUT2D eigenvalue weighted by Crippen LogP contribution is 2.58. The number of benzene rings is 4. The molecule has 2 amide bonds. The normalized spacial score (nSPS) is 20.6. The van der Waals surface area contributed by atoms with Crippen molar-refractivity contribution < 1.29 is 23.8 Å². The molecule has 272 valence electrons. The van der Waals surface area contributed by atoms with Crippen LogP contribution in [-0.4, -0.2) is 49.4 Å². The predicted octanol–water partition coefficient (Wildman–Crippen LogP) is 9.80. The zero-order valence-electron chi connectivity index (χ0n) is 31.1. The van der Waals surface area contributed by atoms with Crippen LogP contribution in [0.25, 0.3) is 0 Å². The van der Waals surface area contributed by atoms with Crippen molar-refractivity contribution in [2.45, 2.75) is 89.6 Å². The lowest BCUT2D eigenvalue weighted by Crippen LogP contribution is -2.62. The van der Waals surface area contributed by atoms with Gasteiger partial charge in [0.25, 0.3) is 0 Å². The van der Waals surface area contributed by atoms with Crippen LogP contribution in [0.4, 0.5) is 26.7 Å². The van der Waals surface area contributed by atoms with Crippen molar-refractivity contribution in [1.29, 1.82) is 0 Å². The van der Waals surface area contributed by atoms with Gasteiger partial charge in [0.2, 0.25) is 0 Å². The molecule has 1 saturated heterocycles. The Hall–Kier alpha value is -4.98.